The smallest absolute Gasteiger partial charge is 0.136 e. The molecule has 0 saturated carbocycles. The summed E-state index contributed by atoms with van der Waals surface area (Å²) >= 11 is 0. The van der Waals surface area contributed by atoms with Crippen molar-refractivity contribution in [1.29, 1.82) is 0 Å². The highest BCUT2D eigenvalue weighted by molar-refractivity contribution is 5.31. The Morgan fingerprint density at radius 3 is 2.35 bits per heavy atom. The fourth-order valence-electron chi connectivity index (χ4n) is 1.90. The molecule has 0 heterocycles. The molecule has 0 bridgehead atoms. The van der Waals surface area contributed by atoms with Gasteiger partial charge in [0.05, 0.1) is 0 Å². The molecule has 0 fully saturated rings. The van der Waals surface area contributed by atoms with Crippen molar-refractivity contribution in [2.24, 2.45) is 0 Å². The number of hydrogen-bond donors (Lipinski definition) is 1. The summed E-state index contributed by atoms with van der Waals surface area (Å²) < 4.78 is 13.1. The Balaban J connectivity index is 2.27. The van der Waals surface area contributed by atoms with Gasteiger partial charge in [-0.15, -0.1) is 0 Å². The Kier molecular flexibility index (Phi) is 3.55. The van der Waals surface area contributed by atoms with E-state index < -0.39 is 0 Å². The van der Waals surface area contributed by atoms with Crippen LogP contribution < -0.4 is 5.73 Å². The first-order chi connectivity index (χ1) is 8.20. The first-order valence-corrected chi connectivity index (χ1v) is 5.88. The van der Waals surface area contributed by atoms with E-state index in [9.17, 15) is 4.39 Å². The van der Waals surface area contributed by atoms with Gasteiger partial charge in [0.25, 0.3) is 0 Å². The molecular weight excluding hydrogens is 213 g/mol. The van der Waals surface area contributed by atoms with Gasteiger partial charge in [-0.2, -0.15) is 0 Å². The highest BCUT2D eigenvalue weighted by atomic mass is 19.1. The number of aryl methyl sites for hydroxylation is 1. The van der Waals surface area contributed by atoms with Gasteiger partial charge in [0, 0.05) is 11.1 Å². The number of halogens is 1. The van der Waals surface area contributed by atoms with Gasteiger partial charge in [-0.25, -0.2) is 4.39 Å². The van der Waals surface area contributed by atoms with Crippen molar-refractivity contribution in [2.75, 3.05) is 0 Å². The summed E-state index contributed by atoms with van der Waals surface area (Å²) in [6.45, 7) is 2.13. The average molecular weight is 230 g/mol. The number of benzene rings is 2. The molecule has 88 valence electrons. The molecule has 0 amide bonds. The number of quaternary nitrogens is 1. The molecule has 0 unspecified atom stereocenters. The molecule has 2 rings (SSSR count). The summed E-state index contributed by atoms with van der Waals surface area (Å²) in [4.78, 5) is 0. The lowest BCUT2D eigenvalue weighted by atomic mass is 9.98. The summed E-state index contributed by atoms with van der Waals surface area (Å²) in [6.07, 6.45) is 1.03. The average Bonchev–Trinajstić information content (AvgIpc) is 2.38. The van der Waals surface area contributed by atoms with Crippen LogP contribution >= 0.6 is 0 Å². The maximum atomic E-state index is 13.1. The molecule has 1 atom stereocenters. The predicted molar refractivity (Wildman–Crippen MR) is 67.0 cm³/mol. The maximum absolute atomic E-state index is 13.1. The van der Waals surface area contributed by atoms with Gasteiger partial charge < -0.3 is 5.73 Å². The zero-order valence-electron chi connectivity index (χ0n) is 9.99. The van der Waals surface area contributed by atoms with Crippen molar-refractivity contribution < 1.29 is 10.1 Å². The van der Waals surface area contributed by atoms with E-state index in [1.807, 2.05) is 6.07 Å². The van der Waals surface area contributed by atoms with Gasteiger partial charge in [0.2, 0.25) is 0 Å². The molecule has 17 heavy (non-hydrogen) atoms. The fraction of sp³-hybridized carbons (Fsp3) is 0.200. The Morgan fingerprint density at radius 1 is 1.06 bits per heavy atom. The Hall–Kier alpha value is -1.67. The third-order valence-electron chi connectivity index (χ3n) is 3.04. The lowest BCUT2D eigenvalue weighted by molar-refractivity contribution is -0.411. The SMILES string of the molecule is CCc1ccc([C@@H]([NH3+])c2cccc(F)c2)cc1. The lowest BCUT2D eigenvalue weighted by Gasteiger charge is -2.10. The van der Waals surface area contributed by atoms with Gasteiger partial charge in [-0.05, 0) is 24.1 Å². The molecule has 0 aliphatic heterocycles. The molecule has 0 aliphatic carbocycles. The summed E-state index contributed by atoms with van der Waals surface area (Å²) in [7, 11) is 0. The second-order valence-electron chi connectivity index (χ2n) is 4.20. The van der Waals surface area contributed by atoms with Crippen LogP contribution in [-0.4, -0.2) is 0 Å². The van der Waals surface area contributed by atoms with E-state index in [1.165, 1.54) is 11.6 Å². The van der Waals surface area contributed by atoms with Crippen LogP contribution in [0.25, 0.3) is 0 Å². The Bertz CT molecular complexity index is 491. The van der Waals surface area contributed by atoms with E-state index in [4.69, 9.17) is 0 Å². The van der Waals surface area contributed by atoms with Gasteiger partial charge in [0.15, 0.2) is 0 Å². The van der Waals surface area contributed by atoms with Crippen molar-refractivity contribution in [3.63, 3.8) is 0 Å². The highest BCUT2D eigenvalue weighted by Crippen LogP contribution is 2.19. The molecule has 1 nitrogen and oxygen atoms in total. The predicted octanol–water partition coefficient (Wildman–Crippen LogP) is 2.72. The number of hydrogen-bond acceptors (Lipinski definition) is 0. The van der Waals surface area contributed by atoms with Crippen LogP contribution in [0.5, 0.6) is 0 Å². The first kappa shape index (κ1) is 11.8. The number of rotatable bonds is 3. The molecule has 2 heteroatoms. The molecule has 0 aromatic heterocycles. The van der Waals surface area contributed by atoms with E-state index in [-0.39, 0.29) is 11.9 Å². The minimum absolute atomic E-state index is 0.0170. The second kappa shape index (κ2) is 5.11. The van der Waals surface area contributed by atoms with Crippen LogP contribution in [0, 0.1) is 5.82 Å². The van der Waals surface area contributed by atoms with Crippen molar-refractivity contribution in [2.45, 2.75) is 19.4 Å². The molecule has 2 aromatic carbocycles. The molecule has 0 spiro atoms. The van der Waals surface area contributed by atoms with Crippen LogP contribution in [0.15, 0.2) is 48.5 Å². The monoisotopic (exact) mass is 230 g/mol. The van der Waals surface area contributed by atoms with E-state index >= 15 is 0 Å². The summed E-state index contributed by atoms with van der Waals surface area (Å²) in [5.41, 5.74) is 7.44. The first-order valence-electron chi connectivity index (χ1n) is 5.88. The highest BCUT2D eigenvalue weighted by Gasteiger charge is 2.12. The van der Waals surface area contributed by atoms with Crippen molar-refractivity contribution in [3.05, 3.63) is 71.0 Å². The summed E-state index contributed by atoms with van der Waals surface area (Å²) in [5, 5.41) is 0. The van der Waals surface area contributed by atoms with Crippen molar-refractivity contribution >= 4 is 0 Å². The lowest BCUT2D eigenvalue weighted by Crippen LogP contribution is -2.54. The van der Waals surface area contributed by atoms with Gasteiger partial charge in [-0.1, -0.05) is 43.3 Å². The zero-order valence-corrected chi connectivity index (χ0v) is 9.99. The van der Waals surface area contributed by atoms with Gasteiger partial charge in [-0.3, -0.25) is 0 Å². The normalized spacial score (nSPS) is 12.4. The molecule has 2 aromatic rings. The maximum Gasteiger partial charge on any atom is 0.136 e. The van der Waals surface area contributed by atoms with Gasteiger partial charge >= 0.3 is 0 Å². The third kappa shape index (κ3) is 2.71. The fourth-order valence-corrected chi connectivity index (χ4v) is 1.90. The minimum Gasteiger partial charge on any atom is -0.348 e. The third-order valence-corrected chi connectivity index (χ3v) is 3.04. The topological polar surface area (TPSA) is 27.6 Å². The van der Waals surface area contributed by atoms with E-state index in [0.717, 1.165) is 17.5 Å². The van der Waals surface area contributed by atoms with E-state index in [2.05, 4.69) is 36.9 Å². The van der Waals surface area contributed by atoms with E-state index in [1.54, 1.807) is 12.1 Å². The molecule has 0 saturated heterocycles. The van der Waals surface area contributed by atoms with Crippen molar-refractivity contribution in [3.8, 4) is 0 Å². The molecule has 0 aliphatic rings. The van der Waals surface area contributed by atoms with E-state index in [0.29, 0.717) is 0 Å². The van der Waals surface area contributed by atoms with Crippen LogP contribution in [0.4, 0.5) is 4.39 Å². The standard InChI is InChI=1S/C15H16FN/c1-2-11-6-8-12(9-7-11)15(17)13-4-3-5-14(16)10-13/h3-10,15H,2,17H2,1H3/p+1/t15-/m1/s1. The van der Waals surface area contributed by atoms with Gasteiger partial charge in [0.1, 0.15) is 11.9 Å². The zero-order chi connectivity index (χ0) is 12.3. The van der Waals surface area contributed by atoms with Crippen LogP contribution in [-0.2, 0) is 6.42 Å². The summed E-state index contributed by atoms with van der Waals surface area (Å²) in [5.74, 6) is -0.207. The largest absolute Gasteiger partial charge is 0.348 e. The molecule has 0 radical (unpaired) electrons. The van der Waals surface area contributed by atoms with Crippen LogP contribution in [0.2, 0.25) is 0 Å². The van der Waals surface area contributed by atoms with Crippen LogP contribution in [0.1, 0.15) is 29.7 Å². The van der Waals surface area contributed by atoms with Crippen molar-refractivity contribution in [1.82, 2.24) is 0 Å². The molecular formula is C15H17FN+. The molecule has 3 N–H and O–H groups in total. The minimum atomic E-state index is -0.207. The second-order valence-corrected chi connectivity index (χ2v) is 4.20. The Morgan fingerprint density at radius 2 is 1.76 bits per heavy atom. The van der Waals surface area contributed by atoms with Crippen LogP contribution in [0.3, 0.4) is 0 Å². The quantitative estimate of drug-likeness (QED) is 0.839. The summed E-state index contributed by atoms with van der Waals surface area (Å²) in [6, 6.07) is 15.0. The Labute approximate surface area is 101 Å².